The van der Waals surface area contributed by atoms with E-state index in [9.17, 15) is 4.79 Å². The minimum Gasteiger partial charge on any atom is -0.330 e. The third-order valence-corrected chi connectivity index (χ3v) is 3.33. The standard InChI is InChI=1S/C13H21N3OS/c1-16(9-5-8-14)10-13(17)15-11-6-3-4-7-12(11)18-2/h3-4,6-7H,5,8-10,14H2,1-2H3,(H,15,17). The van der Waals surface area contributed by atoms with Crippen LogP contribution in [-0.2, 0) is 4.79 Å². The van der Waals surface area contributed by atoms with Crippen molar-refractivity contribution in [2.75, 3.05) is 38.3 Å². The molecule has 1 aromatic carbocycles. The molecular weight excluding hydrogens is 246 g/mol. The molecule has 0 saturated heterocycles. The Morgan fingerprint density at radius 2 is 2.17 bits per heavy atom. The third-order valence-electron chi connectivity index (χ3n) is 2.54. The van der Waals surface area contributed by atoms with Crippen LogP contribution in [0.3, 0.4) is 0 Å². The van der Waals surface area contributed by atoms with Gasteiger partial charge in [0.15, 0.2) is 0 Å². The minimum absolute atomic E-state index is 0.0102. The molecule has 0 heterocycles. The predicted octanol–water partition coefficient (Wildman–Crippen LogP) is 1.63. The summed E-state index contributed by atoms with van der Waals surface area (Å²) in [6, 6.07) is 7.81. The number of hydrogen-bond acceptors (Lipinski definition) is 4. The zero-order valence-corrected chi connectivity index (χ0v) is 11.8. The number of anilines is 1. The van der Waals surface area contributed by atoms with Crippen molar-refractivity contribution in [3.63, 3.8) is 0 Å². The molecule has 0 fully saturated rings. The van der Waals surface area contributed by atoms with Crippen molar-refractivity contribution in [2.24, 2.45) is 5.73 Å². The van der Waals surface area contributed by atoms with Crippen LogP contribution in [0.5, 0.6) is 0 Å². The van der Waals surface area contributed by atoms with Crippen LogP contribution >= 0.6 is 11.8 Å². The highest BCUT2D eigenvalue weighted by atomic mass is 32.2. The van der Waals surface area contributed by atoms with Crippen LogP contribution in [0.25, 0.3) is 0 Å². The van der Waals surface area contributed by atoms with Gasteiger partial charge in [0.05, 0.1) is 12.2 Å². The Hall–Kier alpha value is -1.04. The highest BCUT2D eigenvalue weighted by Crippen LogP contribution is 2.24. The summed E-state index contributed by atoms with van der Waals surface area (Å²) in [7, 11) is 1.93. The molecule has 0 saturated carbocycles. The van der Waals surface area contributed by atoms with Gasteiger partial charge in [-0.05, 0) is 44.9 Å². The van der Waals surface area contributed by atoms with Gasteiger partial charge in [0.25, 0.3) is 0 Å². The van der Waals surface area contributed by atoms with Gasteiger partial charge >= 0.3 is 0 Å². The van der Waals surface area contributed by atoms with E-state index in [0.717, 1.165) is 23.5 Å². The Kier molecular flexibility index (Phi) is 6.78. The number of thioether (sulfide) groups is 1. The second-order valence-corrected chi connectivity index (χ2v) is 4.98. The van der Waals surface area contributed by atoms with Gasteiger partial charge in [0.2, 0.25) is 5.91 Å². The number of likely N-dealkylation sites (N-methyl/N-ethyl adjacent to an activating group) is 1. The average Bonchev–Trinajstić information content (AvgIpc) is 2.36. The first-order valence-corrected chi connectivity index (χ1v) is 7.21. The van der Waals surface area contributed by atoms with E-state index >= 15 is 0 Å². The molecular formula is C13H21N3OS. The lowest BCUT2D eigenvalue weighted by atomic mass is 10.3. The van der Waals surface area contributed by atoms with Crippen LogP contribution in [0.4, 0.5) is 5.69 Å². The largest absolute Gasteiger partial charge is 0.330 e. The van der Waals surface area contributed by atoms with Gasteiger partial charge < -0.3 is 11.1 Å². The maximum Gasteiger partial charge on any atom is 0.238 e. The number of nitrogens with one attached hydrogen (secondary N) is 1. The first kappa shape index (κ1) is 15.0. The van der Waals surface area contributed by atoms with Gasteiger partial charge in [-0.2, -0.15) is 0 Å². The second kappa shape index (κ2) is 8.13. The fourth-order valence-corrected chi connectivity index (χ4v) is 2.18. The predicted molar refractivity (Wildman–Crippen MR) is 78.0 cm³/mol. The Bertz CT molecular complexity index is 384. The van der Waals surface area contributed by atoms with Gasteiger partial charge in [0.1, 0.15) is 0 Å². The van der Waals surface area contributed by atoms with E-state index in [0.29, 0.717) is 13.1 Å². The number of nitrogens with two attached hydrogens (primary N) is 1. The summed E-state index contributed by atoms with van der Waals surface area (Å²) in [6.45, 7) is 1.89. The van der Waals surface area contributed by atoms with E-state index < -0.39 is 0 Å². The molecule has 0 unspecified atom stereocenters. The average molecular weight is 267 g/mol. The molecule has 3 N–H and O–H groups in total. The number of rotatable bonds is 7. The van der Waals surface area contributed by atoms with Crippen LogP contribution in [0.1, 0.15) is 6.42 Å². The minimum atomic E-state index is 0.0102. The molecule has 0 aliphatic heterocycles. The van der Waals surface area contributed by atoms with E-state index in [2.05, 4.69) is 5.32 Å². The smallest absolute Gasteiger partial charge is 0.238 e. The summed E-state index contributed by atoms with van der Waals surface area (Å²) in [6.07, 6.45) is 2.91. The number of para-hydroxylation sites is 1. The molecule has 5 heteroatoms. The quantitative estimate of drug-likeness (QED) is 0.737. The van der Waals surface area contributed by atoms with Crippen molar-refractivity contribution < 1.29 is 4.79 Å². The summed E-state index contributed by atoms with van der Waals surface area (Å²) in [5.41, 5.74) is 6.32. The fraction of sp³-hybridized carbons (Fsp3) is 0.462. The molecule has 4 nitrogen and oxygen atoms in total. The highest BCUT2D eigenvalue weighted by Gasteiger charge is 2.08. The van der Waals surface area contributed by atoms with Crippen molar-refractivity contribution in [3.05, 3.63) is 24.3 Å². The maximum absolute atomic E-state index is 11.9. The summed E-state index contributed by atoms with van der Waals surface area (Å²) in [4.78, 5) is 14.9. The summed E-state index contributed by atoms with van der Waals surface area (Å²) in [5.74, 6) is 0.0102. The summed E-state index contributed by atoms with van der Waals surface area (Å²) >= 11 is 1.63. The van der Waals surface area contributed by atoms with Crippen molar-refractivity contribution >= 4 is 23.4 Å². The first-order valence-electron chi connectivity index (χ1n) is 5.99. The normalized spacial score (nSPS) is 10.7. The molecule has 18 heavy (non-hydrogen) atoms. The van der Waals surface area contributed by atoms with E-state index in [4.69, 9.17) is 5.73 Å². The van der Waals surface area contributed by atoms with E-state index in [1.54, 1.807) is 11.8 Å². The van der Waals surface area contributed by atoms with Crippen LogP contribution in [0.15, 0.2) is 29.2 Å². The Labute approximate surface area is 113 Å². The Balaban J connectivity index is 2.49. The Morgan fingerprint density at radius 1 is 1.44 bits per heavy atom. The van der Waals surface area contributed by atoms with Crippen molar-refractivity contribution in [1.29, 1.82) is 0 Å². The topological polar surface area (TPSA) is 58.4 Å². The van der Waals surface area contributed by atoms with E-state index in [1.165, 1.54) is 0 Å². The van der Waals surface area contributed by atoms with Gasteiger partial charge in [-0.3, -0.25) is 9.69 Å². The van der Waals surface area contributed by atoms with Gasteiger partial charge in [-0.1, -0.05) is 12.1 Å². The lowest BCUT2D eigenvalue weighted by Crippen LogP contribution is -2.31. The molecule has 0 spiro atoms. The molecule has 1 amide bonds. The number of carbonyl (C=O) groups excluding carboxylic acids is 1. The van der Waals surface area contributed by atoms with Gasteiger partial charge in [-0.25, -0.2) is 0 Å². The molecule has 100 valence electrons. The molecule has 0 aliphatic rings. The van der Waals surface area contributed by atoms with E-state index in [1.807, 2.05) is 42.5 Å². The zero-order chi connectivity index (χ0) is 13.4. The lowest BCUT2D eigenvalue weighted by molar-refractivity contribution is -0.117. The summed E-state index contributed by atoms with van der Waals surface area (Å²) < 4.78 is 0. The van der Waals surface area contributed by atoms with Crippen molar-refractivity contribution in [2.45, 2.75) is 11.3 Å². The van der Waals surface area contributed by atoms with Crippen molar-refractivity contribution in [1.82, 2.24) is 4.90 Å². The highest BCUT2D eigenvalue weighted by molar-refractivity contribution is 7.98. The lowest BCUT2D eigenvalue weighted by Gasteiger charge is -2.16. The molecule has 1 rings (SSSR count). The molecule has 0 aromatic heterocycles. The molecule has 0 aliphatic carbocycles. The SMILES string of the molecule is CSc1ccccc1NC(=O)CN(C)CCCN. The second-order valence-electron chi connectivity index (χ2n) is 4.13. The van der Waals surface area contributed by atoms with Crippen LogP contribution in [-0.4, -0.2) is 43.7 Å². The number of benzene rings is 1. The molecule has 1 aromatic rings. The van der Waals surface area contributed by atoms with Gasteiger partial charge in [0, 0.05) is 4.90 Å². The van der Waals surface area contributed by atoms with Crippen molar-refractivity contribution in [3.8, 4) is 0 Å². The van der Waals surface area contributed by atoms with Gasteiger partial charge in [-0.15, -0.1) is 11.8 Å². The van der Waals surface area contributed by atoms with Crippen LogP contribution < -0.4 is 11.1 Å². The molecule has 0 bridgehead atoms. The Morgan fingerprint density at radius 3 is 2.83 bits per heavy atom. The third kappa shape index (κ3) is 5.08. The molecule has 0 atom stereocenters. The maximum atomic E-state index is 11.9. The molecule has 0 radical (unpaired) electrons. The number of amides is 1. The summed E-state index contributed by atoms with van der Waals surface area (Å²) in [5, 5.41) is 2.94. The zero-order valence-electron chi connectivity index (χ0n) is 11.0. The van der Waals surface area contributed by atoms with E-state index in [-0.39, 0.29) is 5.91 Å². The van der Waals surface area contributed by atoms with Crippen LogP contribution in [0.2, 0.25) is 0 Å². The number of nitrogens with zero attached hydrogens (tertiary/aromatic N) is 1. The number of carbonyl (C=O) groups is 1. The fourth-order valence-electron chi connectivity index (χ4n) is 1.62. The van der Waals surface area contributed by atoms with Crippen LogP contribution in [0, 0.1) is 0 Å². The monoisotopic (exact) mass is 267 g/mol. The number of hydrogen-bond donors (Lipinski definition) is 2. The first-order chi connectivity index (χ1) is 8.67.